The van der Waals surface area contributed by atoms with Crippen LogP contribution in [0.4, 0.5) is 0 Å². The maximum Gasteiger partial charge on any atom is 0.141 e. The Morgan fingerprint density at radius 2 is 1.54 bits per heavy atom. The molecule has 0 aliphatic carbocycles. The van der Waals surface area contributed by atoms with Gasteiger partial charge in [0.25, 0.3) is 0 Å². The highest BCUT2D eigenvalue weighted by molar-refractivity contribution is 7.99. The first-order valence-corrected chi connectivity index (χ1v) is 12.5. The summed E-state index contributed by atoms with van der Waals surface area (Å²) in [5, 5.41) is 14.8. The summed E-state index contributed by atoms with van der Waals surface area (Å²) < 4.78 is 2.21. The van der Waals surface area contributed by atoms with Gasteiger partial charge in [0, 0.05) is 27.3 Å². The van der Waals surface area contributed by atoms with E-state index in [1.54, 1.807) is 17.8 Å². The summed E-state index contributed by atoms with van der Waals surface area (Å²) in [7, 11) is 0. The van der Waals surface area contributed by atoms with Crippen molar-refractivity contribution >= 4 is 44.5 Å². The Morgan fingerprint density at radius 1 is 0.771 bits per heavy atom. The normalized spacial score (nSPS) is 12.1. The van der Waals surface area contributed by atoms with E-state index in [9.17, 15) is 5.11 Å². The molecule has 0 bridgehead atoms. The first-order chi connectivity index (χ1) is 16.9. The number of benzene rings is 3. The van der Waals surface area contributed by atoms with Gasteiger partial charge in [-0.25, -0.2) is 9.97 Å². The van der Waals surface area contributed by atoms with E-state index in [0.717, 1.165) is 32.2 Å². The number of rotatable bonds is 3. The smallest absolute Gasteiger partial charge is 0.141 e. The van der Waals surface area contributed by atoms with Crippen molar-refractivity contribution < 1.29 is 5.11 Å². The molecule has 0 radical (unpaired) electrons. The van der Waals surface area contributed by atoms with Gasteiger partial charge in [-0.05, 0) is 59.5 Å². The minimum absolute atomic E-state index is 0.0355. The molecule has 3 aromatic heterocycles. The molecule has 35 heavy (non-hydrogen) atoms. The molecular weight excluding hydrogens is 450 g/mol. The molecule has 1 N–H and O–H groups in total. The van der Waals surface area contributed by atoms with Crippen LogP contribution in [0.15, 0.2) is 101 Å². The largest absolute Gasteiger partial charge is 0.506 e. The van der Waals surface area contributed by atoms with E-state index in [2.05, 4.69) is 78.9 Å². The third-order valence-corrected chi connectivity index (χ3v) is 7.29. The number of pyridine rings is 2. The van der Waals surface area contributed by atoms with E-state index in [1.165, 1.54) is 16.3 Å². The van der Waals surface area contributed by atoms with E-state index >= 15 is 0 Å². The summed E-state index contributed by atoms with van der Waals surface area (Å²) in [4.78, 5) is 10.5. The van der Waals surface area contributed by atoms with Crippen molar-refractivity contribution in [2.45, 2.75) is 36.1 Å². The highest BCUT2D eigenvalue weighted by Gasteiger charge is 2.19. The fourth-order valence-electron chi connectivity index (χ4n) is 4.76. The van der Waals surface area contributed by atoms with E-state index in [1.807, 2.05) is 36.5 Å². The van der Waals surface area contributed by atoms with Crippen LogP contribution in [0.2, 0.25) is 0 Å². The Hall–Kier alpha value is -3.83. The number of nitrogens with zero attached hydrogens (tertiary/aromatic N) is 3. The highest BCUT2D eigenvalue weighted by Crippen LogP contribution is 2.38. The van der Waals surface area contributed by atoms with Crippen molar-refractivity contribution in [2.24, 2.45) is 0 Å². The van der Waals surface area contributed by atoms with Crippen LogP contribution in [0.5, 0.6) is 5.75 Å². The Labute approximate surface area is 208 Å². The van der Waals surface area contributed by atoms with Crippen LogP contribution in [-0.4, -0.2) is 19.6 Å². The third-order valence-electron chi connectivity index (χ3n) is 6.36. The van der Waals surface area contributed by atoms with Crippen LogP contribution in [0.3, 0.4) is 0 Å². The highest BCUT2D eigenvalue weighted by atomic mass is 32.2. The van der Waals surface area contributed by atoms with Gasteiger partial charge in [-0.1, -0.05) is 68.9 Å². The summed E-state index contributed by atoms with van der Waals surface area (Å²) in [5.74, 6) is 1.10. The van der Waals surface area contributed by atoms with Gasteiger partial charge in [-0.15, -0.1) is 0 Å². The minimum Gasteiger partial charge on any atom is -0.506 e. The van der Waals surface area contributed by atoms with Crippen molar-refractivity contribution in [2.75, 3.05) is 0 Å². The number of aromatic hydroxyl groups is 1. The molecule has 0 aliphatic heterocycles. The number of phenols is 1. The van der Waals surface area contributed by atoms with E-state index < -0.39 is 0 Å². The minimum atomic E-state index is -0.0355. The lowest BCUT2D eigenvalue weighted by Crippen LogP contribution is -2.11. The van der Waals surface area contributed by atoms with E-state index in [4.69, 9.17) is 4.98 Å². The number of para-hydroxylation sites is 1. The first kappa shape index (κ1) is 21.7. The number of hydrogen-bond acceptors (Lipinski definition) is 4. The van der Waals surface area contributed by atoms with Gasteiger partial charge in [0.05, 0.1) is 11.0 Å². The van der Waals surface area contributed by atoms with Crippen LogP contribution in [-0.2, 0) is 5.41 Å². The van der Waals surface area contributed by atoms with Crippen LogP contribution < -0.4 is 0 Å². The fraction of sp³-hybridized carbons (Fsp3) is 0.133. The van der Waals surface area contributed by atoms with Crippen molar-refractivity contribution in [3.05, 3.63) is 96.7 Å². The number of fused-ring (bicyclic) bond motifs is 4. The lowest BCUT2D eigenvalue weighted by molar-refractivity contribution is 0.479. The summed E-state index contributed by atoms with van der Waals surface area (Å²) in [6.45, 7) is 6.53. The molecule has 6 rings (SSSR count). The van der Waals surface area contributed by atoms with Gasteiger partial charge in [-0.3, -0.25) is 4.57 Å². The standard InChI is InChI=1S/C30H25N3OS/c1-30(2,3)23-14-15-26(34)29-22(23)13-16-28(32-29)35-19-11-12-21-20-8-4-5-9-24(20)33(25(21)18-19)27-10-6-7-17-31-27/h4-18,34H,1-3H3. The second kappa shape index (κ2) is 8.14. The summed E-state index contributed by atoms with van der Waals surface area (Å²) >= 11 is 1.60. The summed E-state index contributed by atoms with van der Waals surface area (Å²) in [6, 6.07) is 28.8. The molecule has 3 aromatic carbocycles. The van der Waals surface area contributed by atoms with E-state index in [0.29, 0.717) is 5.52 Å². The third kappa shape index (κ3) is 3.72. The molecule has 0 saturated carbocycles. The lowest BCUT2D eigenvalue weighted by atomic mass is 9.84. The molecule has 172 valence electrons. The van der Waals surface area contributed by atoms with Crippen LogP contribution in [0, 0.1) is 0 Å². The monoisotopic (exact) mass is 475 g/mol. The van der Waals surface area contributed by atoms with Crippen LogP contribution in [0.25, 0.3) is 38.5 Å². The number of aromatic nitrogens is 3. The Morgan fingerprint density at radius 3 is 2.34 bits per heavy atom. The van der Waals surface area contributed by atoms with Crippen LogP contribution in [0.1, 0.15) is 26.3 Å². The topological polar surface area (TPSA) is 50.9 Å². The number of phenolic OH excluding ortho intramolecular Hbond substituents is 1. The Kier molecular flexibility index (Phi) is 5.04. The molecule has 0 atom stereocenters. The fourth-order valence-corrected chi connectivity index (χ4v) is 5.58. The van der Waals surface area contributed by atoms with E-state index in [-0.39, 0.29) is 11.2 Å². The van der Waals surface area contributed by atoms with Gasteiger partial charge in [0.1, 0.15) is 22.1 Å². The Bertz CT molecular complexity index is 1720. The molecule has 0 aliphatic rings. The second-order valence-electron chi connectivity index (χ2n) is 9.75. The average molecular weight is 476 g/mol. The second-order valence-corrected chi connectivity index (χ2v) is 10.8. The quantitative estimate of drug-likeness (QED) is 0.283. The molecule has 6 aromatic rings. The summed E-state index contributed by atoms with van der Waals surface area (Å²) in [5.41, 5.74) is 4.02. The van der Waals surface area contributed by atoms with Gasteiger partial charge in [0.2, 0.25) is 0 Å². The summed E-state index contributed by atoms with van der Waals surface area (Å²) in [6.07, 6.45) is 1.83. The maximum atomic E-state index is 10.6. The lowest BCUT2D eigenvalue weighted by Gasteiger charge is -2.21. The molecule has 4 nitrogen and oxygen atoms in total. The zero-order valence-electron chi connectivity index (χ0n) is 19.9. The van der Waals surface area contributed by atoms with Crippen molar-refractivity contribution in [3.63, 3.8) is 0 Å². The molecule has 0 spiro atoms. The molecule has 3 heterocycles. The van der Waals surface area contributed by atoms with Gasteiger partial charge >= 0.3 is 0 Å². The van der Waals surface area contributed by atoms with Gasteiger partial charge < -0.3 is 5.11 Å². The first-order valence-electron chi connectivity index (χ1n) is 11.7. The van der Waals surface area contributed by atoms with Crippen LogP contribution >= 0.6 is 11.8 Å². The van der Waals surface area contributed by atoms with Gasteiger partial charge in [-0.2, -0.15) is 0 Å². The SMILES string of the molecule is CC(C)(C)c1ccc(O)c2nc(Sc3ccc4c5ccccc5n(-c5ccccn5)c4c3)ccc12. The molecule has 0 unspecified atom stereocenters. The number of hydrogen-bond donors (Lipinski definition) is 1. The van der Waals surface area contributed by atoms with Crippen molar-refractivity contribution in [3.8, 4) is 11.6 Å². The Balaban J connectivity index is 1.48. The molecule has 0 saturated heterocycles. The average Bonchev–Trinajstić information content (AvgIpc) is 3.18. The molecule has 0 amide bonds. The zero-order chi connectivity index (χ0) is 24.2. The predicted octanol–water partition coefficient (Wildman–Crippen LogP) is 7.88. The van der Waals surface area contributed by atoms with Crippen molar-refractivity contribution in [1.82, 2.24) is 14.5 Å². The maximum absolute atomic E-state index is 10.6. The molecule has 5 heteroatoms. The van der Waals surface area contributed by atoms with Crippen molar-refractivity contribution in [1.29, 1.82) is 0 Å². The zero-order valence-corrected chi connectivity index (χ0v) is 20.7. The molecule has 0 fully saturated rings. The molecular formula is C30H25N3OS. The van der Waals surface area contributed by atoms with Gasteiger partial charge in [0.15, 0.2) is 0 Å². The predicted molar refractivity (Wildman–Crippen MR) is 145 cm³/mol.